The van der Waals surface area contributed by atoms with Gasteiger partial charge in [0, 0.05) is 10.9 Å². The summed E-state index contributed by atoms with van der Waals surface area (Å²) in [5.74, 6) is 0.809. The molecule has 0 bridgehead atoms. The molecule has 1 saturated carbocycles. The van der Waals surface area contributed by atoms with Crippen LogP contribution in [0.1, 0.15) is 52.0 Å². The van der Waals surface area contributed by atoms with Crippen LogP contribution in [-0.4, -0.2) is 6.54 Å². The summed E-state index contributed by atoms with van der Waals surface area (Å²) >= 11 is 1.86. The maximum atomic E-state index is 3.76. The third kappa shape index (κ3) is 2.17. The second kappa shape index (κ2) is 4.40. The molecule has 1 aromatic heterocycles. The number of rotatable bonds is 5. The second-order valence-corrected chi connectivity index (χ2v) is 7.36. The topological polar surface area (TPSA) is 12.0 Å². The minimum absolute atomic E-state index is 0.494. The van der Waals surface area contributed by atoms with Crippen molar-refractivity contribution >= 4 is 11.3 Å². The Morgan fingerprint density at radius 3 is 2.35 bits per heavy atom. The molecule has 1 aromatic rings. The van der Waals surface area contributed by atoms with Crippen LogP contribution in [0.3, 0.4) is 0 Å². The Morgan fingerprint density at radius 2 is 1.94 bits per heavy atom. The molecule has 0 spiro atoms. The molecule has 96 valence electrons. The predicted octanol–water partition coefficient (Wildman–Crippen LogP) is 4.47. The van der Waals surface area contributed by atoms with Gasteiger partial charge in [-0.3, -0.25) is 0 Å². The lowest BCUT2D eigenvalue weighted by molar-refractivity contribution is 0.457. The average Bonchev–Trinajstić information content (AvgIpc) is 2.68. The summed E-state index contributed by atoms with van der Waals surface area (Å²) in [4.78, 5) is 1.48. The van der Waals surface area contributed by atoms with Crippen molar-refractivity contribution in [1.29, 1.82) is 0 Å². The van der Waals surface area contributed by atoms with Gasteiger partial charge in [0.1, 0.15) is 0 Å². The van der Waals surface area contributed by atoms with Crippen LogP contribution in [0.15, 0.2) is 17.5 Å². The van der Waals surface area contributed by atoms with E-state index in [9.17, 15) is 0 Å². The fourth-order valence-electron chi connectivity index (χ4n) is 3.04. The zero-order valence-electron chi connectivity index (χ0n) is 11.7. The summed E-state index contributed by atoms with van der Waals surface area (Å²) in [5.41, 5.74) is 0.988. The lowest BCUT2D eigenvalue weighted by Gasteiger charge is -2.16. The Kier molecular flexibility index (Phi) is 3.39. The van der Waals surface area contributed by atoms with Crippen LogP contribution in [0.2, 0.25) is 0 Å². The molecule has 0 aromatic carbocycles. The van der Waals surface area contributed by atoms with E-state index in [1.165, 1.54) is 11.3 Å². The van der Waals surface area contributed by atoms with Gasteiger partial charge in [-0.2, -0.15) is 0 Å². The second-order valence-electron chi connectivity index (χ2n) is 6.38. The molecule has 1 fully saturated rings. The molecule has 1 aliphatic rings. The number of thiophene rings is 1. The molecular formula is C15H25NS. The quantitative estimate of drug-likeness (QED) is 0.814. The van der Waals surface area contributed by atoms with Gasteiger partial charge in [-0.25, -0.2) is 0 Å². The van der Waals surface area contributed by atoms with Crippen LogP contribution in [-0.2, 0) is 0 Å². The van der Waals surface area contributed by atoms with Gasteiger partial charge in [-0.05, 0) is 41.2 Å². The molecule has 1 N–H and O–H groups in total. The summed E-state index contributed by atoms with van der Waals surface area (Å²) in [6.07, 6.45) is 1.17. The third-order valence-electron chi connectivity index (χ3n) is 5.18. The molecule has 2 rings (SSSR count). The van der Waals surface area contributed by atoms with Crippen LogP contribution in [0.25, 0.3) is 0 Å². The molecule has 0 radical (unpaired) electrons. The van der Waals surface area contributed by atoms with E-state index in [1.807, 2.05) is 11.3 Å². The van der Waals surface area contributed by atoms with Gasteiger partial charge in [-0.1, -0.05) is 40.7 Å². The molecule has 1 unspecified atom stereocenters. The lowest BCUT2D eigenvalue weighted by atomic mass is 10.0. The normalized spacial score (nSPS) is 23.6. The van der Waals surface area contributed by atoms with Crippen molar-refractivity contribution < 1.29 is 0 Å². The minimum Gasteiger partial charge on any atom is -0.309 e. The summed E-state index contributed by atoms with van der Waals surface area (Å²) in [5, 5.41) is 5.93. The SMILES string of the molecule is CCC(NCC1C(C)(C)C1(C)C)c1cccs1. The van der Waals surface area contributed by atoms with E-state index in [2.05, 4.69) is 57.4 Å². The Bertz CT molecular complexity index is 350. The number of hydrogen-bond donors (Lipinski definition) is 1. The monoisotopic (exact) mass is 251 g/mol. The van der Waals surface area contributed by atoms with Crippen molar-refractivity contribution in [3.63, 3.8) is 0 Å². The highest BCUT2D eigenvalue weighted by atomic mass is 32.1. The fraction of sp³-hybridized carbons (Fsp3) is 0.733. The van der Waals surface area contributed by atoms with Crippen LogP contribution in [0, 0.1) is 16.7 Å². The largest absolute Gasteiger partial charge is 0.309 e. The number of hydrogen-bond acceptors (Lipinski definition) is 2. The highest BCUT2D eigenvalue weighted by Gasteiger charge is 2.63. The van der Waals surface area contributed by atoms with Gasteiger partial charge < -0.3 is 5.32 Å². The lowest BCUT2D eigenvalue weighted by Crippen LogP contribution is -2.24. The summed E-state index contributed by atoms with van der Waals surface area (Å²) < 4.78 is 0. The van der Waals surface area contributed by atoms with E-state index in [0.29, 0.717) is 16.9 Å². The first-order chi connectivity index (χ1) is 7.91. The molecule has 1 aliphatic carbocycles. The fourth-order valence-corrected chi connectivity index (χ4v) is 3.92. The molecule has 1 heterocycles. The van der Waals surface area contributed by atoms with Gasteiger partial charge in [0.05, 0.1) is 0 Å². The van der Waals surface area contributed by atoms with Crippen LogP contribution in [0.4, 0.5) is 0 Å². The van der Waals surface area contributed by atoms with E-state index < -0.39 is 0 Å². The molecule has 0 aliphatic heterocycles. The van der Waals surface area contributed by atoms with E-state index in [4.69, 9.17) is 0 Å². The Hall–Kier alpha value is -0.340. The van der Waals surface area contributed by atoms with Crippen molar-refractivity contribution in [2.24, 2.45) is 16.7 Å². The Labute approximate surface area is 110 Å². The molecule has 0 amide bonds. The first-order valence-electron chi connectivity index (χ1n) is 6.68. The first kappa shape index (κ1) is 13.1. The van der Waals surface area contributed by atoms with Gasteiger partial charge in [0.2, 0.25) is 0 Å². The van der Waals surface area contributed by atoms with Crippen LogP contribution >= 0.6 is 11.3 Å². The standard InChI is InChI=1S/C15H25NS/c1-6-11(12-8-7-9-17-12)16-10-13-14(2,3)15(13,4)5/h7-9,11,13,16H,6,10H2,1-5H3. The minimum atomic E-state index is 0.494. The molecular weight excluding hydrogens is 226 g/mol. The smallest absolute Gasteiger partial charge is 0.0412 e. The third-order valence-corrected chi connectivity index (χ3v) is 6.17. The van der Waals surface area contributed by atoms with Crippen molar-refractivity contribution in [3.8, 4) is 0 Å². The zero-order chi connectivity index (χ0) is 12.7. The first-order valence-corrected chi connectivity index (χ1v) is 7.56. The van der Waals surface area contributed by atoms with Gasteiger partial charge in [0.25, 0.3) is 0 Å². The van der Waals surface area contributed by atoms with E-state index >= 15 is 0 Å². The zero-order valence-corrected chi connectivity index (χ0v) is 12.5. The molecule has 1 atom stereocenters. The van der Waals surface area contributed by atoms with Crippen molar-refractivity contribution in [2.75, 3.05) is 6.54 Å². The highest BCUT2D eigenvalue weighted by molar-refractivity contribution is 7.10. The molecule has 2 heteroatoms. The number of nitrogens with one attached hydrogen (secondary N) is 1. The average molecular weight is 251 g/mol. The van der Waals surface area contributed by atoms with Crippen LogP contribution < -0.4 is 5.32 Å². The highest BCUT2D eigenvalue weighted by Crippen LogP contribution is 2.68. The van der Waals surface area contributed by atoms with Gasteiger partial charge in [0.15, 0.2) is 0 Å². The Balaban J connectivity index is 1.91. The van der Waals surface area contributed by atoms with E-state index in [0.717, 1.165) is 12.5 Å². The maximum Gasteiger partial charge on any atom is 0.0412 e. The molecule has 1 nitrogen and oxygen atoms in total. The van der Waals surface area contributed by atoms with Crippen molar-refractivity contribution in [1.82, 2.24) is 5.32 Å². The van der Waals surface area contributed by atoms with Crippen LogP contribution in [0.5, 0.6) is 0 Å². The molecule has 0 saturated heterocycles. The Morgan fingerprint density at radius 1 is 1.29 bits per heavy atom. The van der Waals surface area contributed by atoms with Crippen molar-refractivity contribution in [3.05, 3.63) is 22.4 Å². The van der Waals surface area contributed by atoms with Gasteiger partial charge >= 0.3 is 0 Å². The maximum absolute atomic E-state index is 3.76. The predicted molar refractivity (Wildman–Crippen MR) is 76.4 cm³/mol. The molecule has 17 heavy (non-hydrogen) atoms. The summed E-state index contributed by atoms with van der Waals surface area (Å²) in [6.45, 7) is 13.0. The van der Waals surface area contributed by atoms with E-state index in [1.54, 1.807) is 0 Å². The van der Waals surface area contributed by atoms with E-state index in [-0.39, 0.29) is 0 Å². The van der Waals surface area contributed by atoms with Gasteiger partial charge in [-0.15, -0.1) is 11.3 Å². The summed E-state index contributed by atoms with van der Waals surface area (Å²) in [6, 6.07) is 4.94. The summed E-state index contributed by atoms with van der Waals surface area (Å²) in [7, 11) is 0. The van der Waals surface area contributed by atoms with Crippen molar-refractivity contribution in [2.45, 2.75) is 47.1 Å².